The Morgan fingerprint density at radius 2 is 1.19 bits per heavy atom. The van der Waals surface area contributed by atoms with Gasteiger partial charge >= 0.3 is 0 Å². The van der Waals surface area contributed by atoms with Crippen LogP contribution in [0, 0.1) is 11.3 Å². The largest absolute Gasteiger partial charge is 0.508 e. The molecule has 8 N–H and O–H groups in total. The second-order valence-electron chi connectivity index (χ2n) is 13.5. The second-order valence-corrected chi connectivity index (χ2v) is 13.5. The van der Waals surface area contributed by atoms with Crippen molar-refractivity contribution in [2.75, 3.05) is 0 Å². The van der Waals surface area contributed by atoms with Crippen LogP contribution in [0.3, 0.4) is 0 Å². The molecule has 4 aromatic carbocycles. The number of phenolic OH excluding ortho intramolecular Hbond substituents is 8. The van der Waals surface area contributed by atoms with E-state index in [4.69, 9.17) is 8.83 Å². The highest BCUT2D eigenvalue weighted by Gasteiger charge is 2.53. The summed E-state index contributed by atoms with van der Waals surface area (Å²) in [5.41, 5.74) is -2.12. The van der Waals surface area contributed by atoms with E-state index >= 15 is 0 Å². The van der Waals surface area contributed by atoms with Gasteiger partial charge in [-0.1, -0.05) is 25.5 Å². The molecular weight excluding hydrogens is 624 g/mol. The molecule has 2 aliphatic rings. The fraction of sp³-hybridized carbons (Fsp3) is 0.222. The quantitative estimate of drug-likeness (QED) is 0.0576. The highest BCUT2D eigenvalue weighted by molar-refractivity contribution is 6.02. The molecule has 6 aromatic rings. The zero-order valence-electron chi connectivity index (χ0n) is 25.6. The summed E-state index contributed by atoms with van der Waals surface area (Å²) in [6, 6.07) is 5.28. The molecule has 12 nitrogen and oxygen atoms in total. The third kappa shape index (κ3) is 3.65. The van der Waals surface area contributed by atoms with Gasteiger partial charge in [-0.3, -0.25) is 9.59 Å². The third-order valence-corrected chi connectivity index (χ3v) is 10.0. The van der Waals surface area contributed by atoms with Gasteiger partial charge in [0.05, 0.1) is 10.8 Å². The average Bonchev–Trinajstić information content (AvgIpc) is 3.32. The van der Waals surface area contributed by atoms with E-state index in [0.717, 1.165) is 35.9 Å². The summed E-state index contributed by atoms with van der Waals surface area (Å²) in [6.45, 7) is 5.86. The lowest BCUT2D eigenvalue weighted by molar-refractivity contribution is 0.173. The molecule has 3 atom stereocenters. The summed E-state index contributed by atoms with van der Waals surface area (Å²) in [4.78, 5) is 28.5. The Balaban J connectivity index is 1.59. The van der Waals surface area contributed by atoms with Gasteiger partial charge < -0.3 is 49.7 Å². The maximum absolute atomic E-state index is 14.3. The maximum atomic E-state index is 14.3. The van der Waals surface area contributed by atoms with E-state index in [0.29, 0.717) is 6.42 Å². The van der Waals surface area contributed by atoms with Crippen LogP contribution in [0.5, 0.6) is 46.0 Å². The number of allylic oxidation sites excluding steroid dienone is 2. The number of fused-ring (bicyclic) bond motifs is 8. The number of benzene rings is 4. The van der Waals surface area contributed by atoms with Gasteiger partial charge in [0.1, 0.15) is 44.9 Å². The first-order valence-corrected chi connectivity index (χ1v) is 15.1. The van der Waals surface area contributed by atoms with Crippen molar-refractivity contribution in [3.05, 3.63) is 79.1 Å². The van der Waals surface area contributed by atoms with Gasteiger partial charge in [0.25, 0.3) is 0 Å². The molecule has 0 saturated heterocycles. The Bertz CT molecular complexity index is 2620. The molecule has 0 fully saturated rings. The molecule has 48 heavy (non-hydrogen) atoms. The SMILES string of the molecule is CC1=C[C@@H]2c3c(c(O)c(O)c4oc5cc(O)cc(O)c5c(=O)c34)[C@@H](c3cc(O)c(O)c4oc5cc(O)cc(O)c5c(=O)c34)[C@@H]2C(C)(C)C1. The topological polar surface area (TPSA) is 222 Å². The molecule has 0 bridgehead atoms. The summed E-state index contributed by atoms with van der Waals surface area (Å²) in [6.07, 6.45) is 2.49. The molecule has 0 unspecified atom stereocenters. The number of hydrogen-bond donors (Lipinski definition) is 8. The number of phenols is 8. The summed E-state index contributed by atoms with van der Waals surface area (Å²) in [5, 5.41) is 85.8. The fourth-order valence-electron chi connectivity index (χ4n) is 8.46. The van der Waals surface area contributed by atoms with Crippen molar-refractivity contribution in [3.63, 3.8) is 0 Å². The van der Waals surface area contributed by atoms with Crippen LogP contribution in [-0.4, -0.2) is 40.9 Å². The molecule has 0 amide bonds. The predicted molar refractivity (Wildman–Crippen MR) is 174 cm³/mol. The Morgan fingerprint density at radius 3 is 1.77 bits per heavy atom. The lowest BCUT2D eigenvalue weighted by atomic mass is 9.61. The van der Waals surface area contributed by atoms with Gasteiger partial charge in [-0.15, -0.1) is 0 Å². The summed E-state index contributed by atoms with van der Waals surface area (Å²) in [7, 11) is 0. The van der Waals surface area contributed by atoms with E-state index in [9.17, 15) is 50.4 Å². The summed E-state index contributed by atoms with van der Waals surface area (Å²) >= 11 is 0. The molecule has 2 aliphatic carbocycles. The Labute approximate surface area is 268 Å². The first kappa shape index (κ1) is 29.4. The van der Waals surface area contributed by atoms with Crippen LogP contribution in [0.4, 0.5) is 0 Å². The van der Waals surface area contributed by atoms with E-state index in [-0.39, 0.29) is 55.0 Å². The summed E-state index contributed by atoms with van der Waals surface area (Å²) in [5.74, 6) is -7.09. The van der Waals surface area contributed by atoms with E-state index in [1.807, 2.05) is 26.8 Å². The van der Waals surface area contributed by atoms with Crippen LogP contribution < -0.4 is 10.9 Å². The van der Waals surface area contributed by atoms with Crippen LogP contribution in [0.1, 0.15) is 55.7 Å². The lowest BCUT2D eigenvalue weighted by Crippen LogP contribution is -2.33. The molecule has 2 heterocycles. The molecule has 12 heteroatoms. The number of rotatable bonds is 1. The van der Waals surface area contributed by atoms with Crippen molar-refractivity contribution in [1.29, 1.82) is 0 Å². The van der Waals surface area contributed by atoms with Gasteiger partial charge in [0, 0.05) is 41.7 Å². The second kappa shape index (κ2) is 9.28. The zero-order chi connectivity index (χ0) is 34.3. The van der Waals surface area contributed by atoms with Gasteiger partial charge in [-0.2, -0.15) is 0 Å². The monoisotopic (exact) mass is 652 g/mol. The third-order valence-electron chi connectivity index (χ3n) is 10.0. The molecule has 0 radical (unpaired) electrons. The van der Waals surface area contributed by atoms with Gasteiger partial charge in [-0.05, 0) is 41.9 Å². The van der Waals surface area contributed by atoms with Crippen molar-refractivity contribution >= 4 is 43.9 Å². The first-order chi connectivity index (χ1) is 22.6. The molecular formula is C36H28O12. The van der Waals surface area contributed by atoms with E-state index in [1.165, 1.54) is 0 Å². The normalized spacial score (nSPS) is 20.0. The standard InChI is InChI=1S/C36H28O12/c1-11-4-15-21-26(32(45)33(46)35-27(21)31(44)25-17(40)6-13(38)8-20(25)48-35)22(28(15)36(2,3)10-11)14-9-18(41)29(42)34-23(14)30(43)24-16(39)5-12(37)7-19(24)47-34/h4-9,15,22,28,37-42,45-46H,10H2,1-3H3/t15-,22-,28-/m1/s1. The minimum absolute atomic E-state index is 0.0553. The highest BCUT2D eigenvalue weighted by atomic mass is 16.4. The minimum Gasteiger partial charge on any atom is -0.508 e. The molecule has 244 valence electrons. The van der Waals surface area contributed by atoms with Crippen LogP contribution >= 0.6 is 0 Å². The maximum Gasteiger partial charge on any atom is 0.204 e. The average molecular weight is 653 g/mol. The van der Waals surface area contributed by atoms with Crippen molar-refractivity contribution in [3.8, 4) is 46.0 Å². The van der Waals surface area contributed by atoms with Gasteiger partial charge in [0.2, 0.25) is 22.4 Å². The van der Waals surface area contributed by atoms with Gasteiger partial charge in [0.15, 0.2) is 22.7 Å². The molecule has 2 aromatic heterocycles. The van der Waals surface area contributed by atoms with E-state index in [1.54, 1.807) is 0 Å². The smallest absolute Gasteiger partial charge is 0.204 e. The highest BCUT2D eigenvalue weighted by Crippen LogP contribution is 2.66. The summed E-state index contributed by atoms with van der Waals surface area (Å²) < 4.78 is 11.7. The van der Waals surface area contributed by atoms with Crippen LogP contribution in [0.2, 0.25) is 0 Å². The van der Waals surface area contributed by atoms with Crippen LogP contribution in [-0.2, 0) is 0 Å². The Kier molecular flexibility index (Phi) is 5.68. The molecule has 8 rings (SSSR count). The Hall–Kier alpha value is -6.04. The molecule has 0 saturated carbocycles. The van der Waals surface area contributed by atoms with E-state index in [2.05, 4.69) is 0 Å². The van der Waals surface area contributed by atoms with Crippen LogP contribution in [0.15, 0.2) is 60.4 Å². The van der Waals surface area contributed by atoms with Crippen molar-refractivity contribution in [1.82, 2.24) is 0 Å². The van der Waals surface area contributed by atoms with Crippen molar-refractivity contribution in [2.24, 2.45) is 11.3 Å². The minimum atomic E-state index is -1.03. The fourth-order valence-corrected chi connectivity index (χ4v) is 8.46. The number of hydrogen-bond acceptors (Lipinski definition) is 12. The Morgan fingerprint density at radius 1 is 0.646 bits per heavy atom. The first-order valence-electron chi connectivity index (χ1n) is 15.1. The molecule has 0 aliphatic heterocycles. The predicted octanol–water partition coefficient (Wildman–Crippen LogP) is 6.07. The van der Waals surface area contributed by atoms with E-state index < -0.39 is 85.6 Å². The lowest BCUT2D eigenvalue weighted by Gasteiger charge is -2.43. The van der Waals surface area contributed by atoms with Crippen LogP contribution in [0.25, 0.3) is 43.9 Å². The van der Waals surface area contributed by atoms with Gasteiger partial charge in [-0.25, -0.2) is 0 Å². The van der Waals surface area contributed by atoms with Crippen molar-refractivity contribution in [2.45, 2.75) is 39.0 Å². The number of aromatic hydroxyl groups is 8. The van der Waals surface area contributed by atoms with Crippen molar-refractivity contribution < 1.29 is 49.7 Å². The molecule has 0 spiro atoms. The zero-order valence-corrected chi connectivity index (χ0v) is 25.6.